The van der Waals surface area contributed by atoms with Crippen LogP contribution in [0.4, 0.5) is 0 Å². The molecule has 0 unspecified atom stereocenters. The molecular formula is C6H7N3O4. The lowest BCUT2D eigenvalue weighted by Gasteiger charge is -2.10. The molecule has 0 aromatic rings. The maximum Gasteiger partial charge on any atom is 0.356 e. The van der Waals surface area contributed by atoms with E-state index in [-0.39, 0.29) is 12.8 Å². The molecule has 0 aliphatic carbocycles. The van der Waals surface area contributed by atoms with Gasteiger partial charge in [-0.15, -0.1) is 5.06 Å². The van der Waals surface area contributed by atoms with Crippen molar-refractivity contribution in [3.63, 3.8) is 0 Å². The summed E-state index contributed by atoms with van der Waals surface area (Å²) < 4.78 is 0. The molecule has 7 heteroatoms. The van der Waals surface area contributed by atoms with Gasteiger partial charge in [-0.3, -0.25) is 9.59 Å². The molecule has 1 fully saturated rings. The van der Waals surface area contributed by atoms with Gasteiger partial charge in [0.2, 0.25) is 0 Å². The second kappa shape index (κ2) is 3.74. The Balaban J connectivity index is 2.52. The fraction of sp³-hybridized carbons (Fsp3) is 0.500. The third-order valence-electron chi connectivity index (χ3n) is 1.41. The zero-order valence-electron chi connectivity index (χ0n) is 6.65. The van der Waals surface area contributed by atoms with Crippen molar-refractivity contribution >= 4 is 17.8 Å². The summed E-state index contributed by atoms with van der Waals surface area (Å²) in [6.07, 6.45) is 0.119. The fourth-order valence-electron chi connectivity index (χ4n) is 0.853. The molecule has 0 aromatic carbocycles. The first-order valence-corrected chi connectivity index (χ1v) is 3.55. The summed E-state index contributed by atoms with van der Waals surface area (Å²) in [5.41, 5.74) is 6.34. The third-order valence-corrected chi connectivity index (χ3v) is 1.41. The van der Waals surface area contributed by atoms with Gasteiger partial charge in [0.1, 0.15) is 0 Å². The van der Waals surface area contributed by atoms with E-state index in [1.165, 1.54) is 0 Å². The summed E-state index contributed by atoms with van der Waals surface area (Å²) >= 11 is 0. The number of hydrogen-bond acceptors (Lipinski definition) is 6. The number of nitrogens with one attached hydrogen (secondary N) is 1. The van der Waals surface area contributed by atoms with Gasteiger partial charge in [-0.05, 0) is 0 Å². The van der Waals surface area contributed by atoms with Gasteiger partial charge in [0.25, 0.3) is 11.8 Å². The van der Waals surface area contributed by atoms with Crippen molar-refractivity contribution < 1.29 is 19.2 Å². The molecule has 1 aliphatic heterocycles. The van der Waals surface area contributed by atoms with Gasteiger partial charge in [-0.2, -0.15) is 5.11 Å². The number of amides is 2. The molecule has 1 rings (SSSR count). The quantitative estimate of drug-likeness (QED) is 0.478. The summed E-state index contributed by atoms with van der Waals surface area (Å²) in [5.74, 6) is -1.97. The number of carbonyl (C=O) groups is 3. The van der Waals surface area contributed by atoms with Crippen LogP contribution in [-0.2, 0) is 19.2 Å². The van der Waals surface area contributed by atoms with E-state index >= 15 is 0 Å². The molecular weight excluding hydrogens is 178 g/mol. The van der Waals surface area contributed by atoms with Crippen LogP contribution in [0, 0.1) is 5.53 Å². The van der Waals surface area contributed by atoms with Crippen LogP contribution in [-0.4, -0.2) is 29.4 Å². The molecule has 7 nitrogen and oxygen atoms in total. The average Bonchev–Trinajstić information content (AvgIpc) is 2.36. The van der Waals surface area contributed by atoms with Gasteiger partial charge >= 0.3 is 5.97 Å². The highest BCUT2D eigenvalue weighted by Crippen LogP contribution is 2.11. The molecule has 70 valence electrons. The Bertz CT molecular complexity index is 259. The van der Waals surface area contributed by atoms with Crippen LogP contribution in [0.2, 0.25) is 0 Å². The topological polar surface area (TPSA) is 99.9 Å². The second-order valence-electron chi connectivity index (χ2n) is 2.36. The minimum Gasteiger partial charge on any atom is -0.328 e. The molecule has 1 N–H and O–H groups in total. The Kier molecular flexibility index (Phi) is 2.68. The Hall–Kier alpha value is -1.79. The van der Waals surface area contributed by atoms with Crippen molar-refractivity contribution in [3.8, 4) is 0 Å². The average molecular weight is 185 g/mol. The first kappa shape index (κ1) is 9.30. The van der Waals surface area contributed by atoms with Crippen LogP contribution < -0.4 is 0 Å². The molecule has 0 atom stereocenters. The van der Waals surface area contributed by atoms with E-state index in [1.807, 2.05) is 0 Å². The smallest absolute Gasteiger partial charge is 0.328 e. The minimum atomic E-state index is -0.890. The summed E-state index contributed by atoms with van der Waals surface area (Å²) in [6.45, 7) is -0.489. The molecule has 13 heavy (non-hydrogen) atoms. The molecule has 0 spiro atoms. The molecule has 0 radical (unpaired) electrons. The highest BCUT2D eigenvalue weighted by molar-refractivity contribution is 6.01. The van der Waals surface area contributed by atoms with E-state index in [9.17, 15) is 14.4 Å². The van der Waals surface area contributed by atoms with Crippen molar-refractivity contribution in [2.75, 3.05) is 6.54 Å². The van der Waals surface area contributed by atoms with Gasteiger partial charge in [0, 0.05) is 12.8 Å². The Morgan fingerprint density at radius 2 is 2.00 bits per heavy atom. The van der Waals surface area contributed by atoms with E-state index in [0.29, 0.717) is 5.06 Å². The first-order chi connectivity index (χ1) is 6.15. The van der Waals surface area contributed by atoms with Gasteiger partial charge in [0.15, 0.2) is 6.54 Å². The van der Waals surface area contributed by atoms with Gasteiger partial charge < -0.3 is 4.84 Å². The van der Waals surface area contributed by atoms with Crippen molar-refractivity contribution in [2.45, 2.75) is 12.8 Å². The monoisotopic (exact) mass is 185 g/mol. The molecule has 1 aliphatic rings. The van der Waals surface area contributed by atoms with Crippen molar-refractivity contribution in [1.82, 2.24) is 5.06 Å². The fourth-order valence-corrected chi connectivity index (χ4v) is 0.853. The first-order valence-electron chi connectivity index (χ1n) is 3.55. The zero-order valence-corrected chi connectivity index (χ0v) is 6.65. The third kappa shape index (κ3) is 2.08. The molecule has 1 heterocycles. The lowest BCUT2D eigenvalue weighted by molar-refractivity contribution is -0.196. The molecule has 0 bridgehead atoms. The van der Waals surface area contributed by atoms with Crippen molar-refractivity contribution in [2.24, 2.45) is 5.11 Å². The van der Waals surface area contributed by atoms with Gasteiger partial charge in [0.05, 0.1) is 0 Å². The Labute approximate surface area is 73.1 Å². The summed E-state index contributed by atoms with van der Waals surface area (Å²) in [6, 6.07) is 0. The lowest BCUT2D eigenvalue weighted by Crippen LogP contribution is -2.32. The number of carbonyl (C=O) groups excluding carboxylic acids is 3. The van der Waals surface area contributed by atoms with E-state index in [1.54, 1.807) is 0 Å². The zero-order chi connectivity index (χ0) is 9.84. The summed E-state index contributed by atoms with van der Waals surface area (Å²) in [7, 11) is 0. The number of hydrogen-bond donors (Lipinski definition) is 1. The van der Waals surface area contributed by atoms with E-state index < -0.39 is 24.3 Å². The van der Waals surface area contributed by atoms with Crippen LogP contribution >= 0.6 is 0 Å². The van der Waals surface area contributed by atoms with Crippen molar-refractivity contribution in [3.05, 3.63) is 0 Å². The predicted molar refractivity (Wildman–Crippen MR) is 37.2 cm³/mol. The van der Waals surface area contributed by atoms with E-state index in [0.717, 1.165) is 0 Å². The van der Waals surface area contributed by atoms with Crippen molar-refractivity contribution in [1.29, 1.82) is 5.53 Å². The van der Waals surface area contributed by atoms with E-state index in [4.69, 9.17) is 5.53 Å². The van der Waals surface area contributed by atoms with Crippen LogP contribution in [0.3, 0.4) is 0 Å². The van der Waals surface area contributed by atoms with Crippen LogP contribution in [0.5, 0.6) is 0 Å². The Morgan fingerprint density at radius 1 is 1.46 bits per heavy atom. The minimum absolute atomic E-state index is 0.0597. The number of nitrogens with zero attached hydrogens (tertiary/aromatic N) is 2. The normalized spacial score (nSPS) is 16.2. The second-order valence-corrected chi connectivity index (χ2v) is 2.36. The van der Waals surface area contributed by atoms with Crippen LogP contribution in [0.15, 0.2) is 5.11 Å². The van der Waals surface area contributed by atoms with Crippen LogP contribution in [0.25, 0.3) is 0 Å². The van der Waals surface area contributed by atoms with E-state index in [2.05, 4.69) is 9.95 Å². The highest BCUT2D eigenvalue weighted by Gasteiger charge is 2.32. The predicted octanol–water partition coefficient (Wildman–Crippen LogP) is -0.375. The highest BCUT2D eigenvalue weighted by atomic mass is 16.7. The Morgan fingerprint density at radius 3 is 2.46 bits per heavy atom. The standard InChI is InChI=1S/C6H7N3O4/c7-8-3-6(12)13-9-4(10)1-2-5(9)11/h7H,1-3H2. The summed E-state index contributed by atoms with van der Waals surface area (Å²) in [4.78, 5) is 36.8. The molecule has 0 saturated carbocycles. The van der Waals surface area contributed by atoms with Gasteiger partial charge in [-0.25, -0.2) is 10.3 Å². The van der Waals surface area contributed by atoms with Crippen LogP contribution in [0.1, 0.15) is 12.8 Å². The number of hydroxylamine groups is 2. The largest absolute Gasteiger partial charge is 0.356 e. The van der Waals surface area contributed by atoms with Gasteiger partial charge in [-0.1, -0.05) is 0 Å². The lowest BCUT2D eigenvalue weighted by atomic mass is 10.4. The maximum atomic E-state index is 10.9. The SMILES string of the molecule is N=NCC(=O)ON1C(=O)CCC1=O. The number of rotatable bonds is 3. The number of imide groups is 1. The summed E-state index contributed by atoms with van der Waals surface area (Å²) in [5, 5.41) is 3.18. The molecule has 1 saturated heterocycles. The molecule has 2 amide bonds. The maximum absolute atomic E-state index is 10.9. The molecule has 0 aromatic heterocycles.